The number of aliphatic hydroxyl groups excluding tert-OH is 1. The fourth-order valence-corrected chi connectivity index (χ4v) is 6.05. The Morgan fingerprint density at radius 1 is 1.05 bits per heavy atom. The third-order valence-corrected chi connectivity index (χ3v) is 8.24. The first-order chi connectivity index (χ1) is 17.6. The number of carbonyl (C=O) groups excluding carboxylic acids is 2. The molecular formula is C31H32N2O3S. The van der Waals surface area contributed by atoms with E-state index in [2.05, 4.69) is 43.7 Å². The monoisotopic (exact) mass is 512 g/mol. The minimum Gasteiger partial charge on any atom is -0.507 e. The molecule has 1 saturated heterocycles. The van der Waals surface area contributed by atoms with E-state index in [1.165, 1.54) is 11.3 Å². The Bertz CT molecular complexity index is 1540. The number of fused-ring (bicyclic) bond motifs is 1. The smallest absolute Gasteiger partial charge is 0.295 e. The minimum atomic E-state index is -0.630. The first-order valence-corrected chi connectivity index (χ1v) is 13.4. The third-order valence-electron chi connectivity index (χ3n) is 7.31. The van der Waals surface area contributed by atoms with Crippen LogP contribution < -0.4 is 0 Å². The lowest BCUT2D eigenvalue weighted by Crippen LogP contribution is -2.31. The molecule has 1 N–H and O–H groups in total. The molecule has 5 rings (SSSR count). The lowest BCUT2D eigenvalue weighted by atomic mass is 9.84. The van der Waals surface area contributed by atoms with Gasteiger partial charge in [-0.3, -0.25) is 9.59 Å². The van der Waals surface area contributed by atoms with Crippen molar-refractivity contribution in [2.24, 2.45) is 7.05 Å². The molecule has 0 spiro atoms. The largest absolute Gasteiger partial charge is 0.507 e. The van der Waals surface area contributed by atoms with Crippen molar-refractivity contribution in [2.75, 3.05) is 6.54 Å². The summed E-state index contributed by atoms with van der Waals surface area (Å²) >= 11 is 1.49. The number of amides is 1. The number of hydrogen-bond acceptors (Lipinski definition) is 4. The second kappa shape index (κ2) is 9.34. The molecule has 2 aromatic heterocycles. The van der Waals surface area contributed by atoms with E-state index in [1.54, 1.807) is 4.90 Å². The van der Waals surface area contributed by atoms with Crippen LogP contribution in [-0.2, 0) is 28.5 Å². The lowest BCUT2D eigenvalue weighted by Gasteiger charge is -2.24. The molecule has 2 aromatic carbocycles. The van der Waals surface area contributed by atoms with Crippen LogP contribution in [-0.4, -0.2) is 32.8 Å². The Labute approximate surface area is 221 Å². The van der Waals surface area contributed by atoms with Gasteiger partial charge in [0.15, 0.2) is 0 Å². The summed E-state index contributed by atoms with van der Waals surface area (Å²) in [6.45, 7) is 8.62. The molecule has 5 nitrogen and oxygen atoms in total. The summed E-state index contributed by atoms with van der Waals surface area (Å²) < 4.78 is 2.08. The minimum absolute atomic E-state index is 0.104. The highest BCUT2D eigenvalue weighted by molar-refractivity contribution is 7.10. The number of aromatic nitrogens is 1. The van der Waals surface area contributed by atoms with Crippen LogP contribution in [0.2, 0.25) is 0 Å². The van der Waals surface area contributed by atoms with Gasteiger partial charge in [-0.05, 0) is 59.0 Å². The van der Waals surface area contributed by atoms with Gasteiger partial charge in [0, 0.05) is 41.1 Å². The quantitative estimate of drug-likeness (QED) is 0.188. The third kappa shape index (κ3) is 4.40. The van der Waals surface area contributed by atoms with E-state index in [0.717, 1.165) is 32.5 Å². The van der Waals surface area contributed by atoms with Crippen LogP contribution in [0.25, 0.3) is 16.7 Å². The number of para-hydroxylation sites is 1. The standard InChI is InChI=1S/C31H32N2O3S/c1-19-12-13-21(31(2,3)4)17-23(19)28(34)26-27(25-11-8-16-37-25)33(30(36)29(26)35)15-14-20-18-32(5)24-10-7-6-9-22(20)24/h6-13,16-18,27,34H,14-15H2,1-5H3/b28-26+. The molecular weight excluding hydrogens is 480 g/mol. The van der Waals surface area contributed by atoms with Crippen LogP contribution in [0.4, 0.5) is 0 Å². The normalized spacial score (nSPS) is 17.8. The zero-order valence-electron chi connectivity index (χ0n) is 21.9. The molecule has 6 heteroatoms. The summed E-state index contributed by atoms with van der Waals surface area (Å²) in [7, 11) is 2.01. The molecule has 190 valence electrons. The van der Waals surface area contributed by atoms with Gasteiger partial charge in [0.2, 0.25) is 0 Å². The molecule has 3 heterocycles. The summed E-state index contributed by atoms with van der Waals surface area (Å²) in [6.07, 6.45) is 2.69. The van der Waals surface area contributed by atoms with E-state index in [0.29, 0.717) is 18.5 Å². The molecule has 0 aliphatic carbocycles. The predicted molar refractivity (Wildman–Crippen MR) is 150 cm³/mol. The maximum absolute atomic E-state index is 13.4. The van der Waals surface area contributed by atoms with Crippen LogP contribution in [0, 0.1) is 6.92 Å². The van der Waals surface area contributed by atoms with Crippen LogP contribution in [0.3, 0.4) is 0 Å². The lowest BCUT2D eigenvalue weighted by molar-refractivity contribution is -0.139. The number of benzene rings is 2. The van der Waals surface area contributed by atoms with Crippen molar-refractivity contribution in [3.05, 3.63) is 98.9 Å². The summed E-state index contributed by atoms with van der Waals surface area (Å²) in [4.78, 5) is 29.3. The SMILES string of the molecule is Cc1ccc(C(C)(C)C)cc1/C(O)=C1\C(=O)C(=O)N(CCc2cn(C)c3ccccc23)C1c1cccs1. The van der Waals surface area contributed by atoms with Gasteiger partial charge in [-0.1, -0.05) is 57.2 Å². The van der Waals surface area contributed by atoms with Gasteiger partial charge < -0.3 is 14.6 Å². The fraction of sp³-hybridized carbons (Fsp3) is 0.290. The van der Waals surface area contributed by atoms with Gasteiger partial charge in [-0.25, -0.2) is 0 Å². The topological polar surface area (TPSA) is 62.5 Å². The summed E-state index contributed by atoms with van der Waals surface area (Å²) in [5.74, 6) is -1.30. The second-order valence-corrected chi connectivity index (χ2v) is 11.8. The van der Waals surface area contributed by atoms with Crippen LogP contribution in [0.15, 0.2) is 71.7 Å². The van der Waals surface area contributed by atoms with Crippen LogP contribution >= 0.6 is 11.3 Å². The van der Waals surface area contributed by atoms with Gasteiger partial charge in [0.1, 0.15) is 5.76 Å². The molecule has 37 heavy (non-hydrogen) atoms. The number of aryl methyl sites for hydroxylation is 2. The Balaban J connectivity index is 1.58. The van der Waals surface area contributed by atoms with E-state index < -0.39 is 17.7 Å². The van der Waals surface area contributed by atoms with E-state index in [4.69, 9.17) is 0 Å². The Morgan fingerprint density at radius 2 is 1.81 bits per heavy atom. The van der Waals surface area contributed by atoms with Gasteiger partial charge in [0.05, 0.1) is 11.6 Å². The van der Waals surface area contributed by atoms with Crippen molar-refractivity contribution in [1.29, 1.82) is 0 Å². The van der Waals surface area contributed by atoms with Gasteiger partial charge in [-0.2, -0.15) is 0 Å². The van der Waals surface area contributed by atoms with E-state index >= 15 is 0 Å². The zero-order valence-corrected chi connectivity index (χ0v) is 22.7. The van der Waals surface area contributed by atoms with E-state index in [-0.39, 0.29) is 16.7 Å². The molecule has 1 atom stereocenters. The van der Waals surface area contributed by atoms with Crippen LogP contribution in [0.1, 0.15) is 53.9 Å². The van der Waals surface area contributed by atoms with Crippen molar-refractivity contribution in [2.45, 2.75) is 45.6 Å². The van der Waals surface area contributed by atoms with Crippen molar-refractivity contribution >= 4 is 39.7 Å². The molecule has 0 radical (unpaired) electrons. The number of nitrogens with zero attached hydrogens (tertiary/aromatic N) is 2. The van der Waals surface area contributed by atoms with E-state index in [9.17, 15) is 14.7 Å². The first-order valence-electron chi connectivity index (χ1n) is 12.5. The molecule has 1 unspecified atom stereocenters. The number of carbonyl (C=O) groups is 2. The number of ketones is 1. The van der Waals surface area contributed by atoms with Gasteiger partial charge in [-0.15, -0.1) is 11.3 Å². The maximum Gasteiger partial charge on any atom is 0.295 e. The molecule has 1 aliphatic rings. The molecule has 1 aliphatic heterocycles. The van der Waals surface area contributed by atoms with Crippen molar-refractivity contribution in [3.8, 4) is 0 Å². The zero-order chi connectivity index (χ0) is 26.5. The Kier molecular flexibility index (Phi) is 6.32. The number of hydrogen-bond donors (Lipinski definition) is 1. The van der Waals surface area contributed by atoms with Crippen molar-refractivity contribution in [1.82, 2.24) is 9.47 Å². The average molecular weight is 513 g/mol. The van der Waals surface area contributed by atoms with Crippen molar-refractivity contribution < 1.29 is 14.7 Å². The second-order valence-electron chi connectivity index (χ2n) is 10.8. The fourth-order valence-electron chi connectivity index (χ4n) is 5.21. The number of thiophene rings is 1. The number of rotatable bonds is 5. The predicted octanol–water partition coefficient (Wildman–Crippen LogP) is 6.51. The molecule has 1 amide bonds. The Hall–Kier alpha value is -3.64. The highest BCUT2D eigenvalue weighted by atomic mass is 32.1. The average Bonchev–Trinajstić information content (AvgIpc) is 3.56. The number of likely N-dealkylation sites (tertiary alicyclic amines) is 1. The molecule has 0 bridgehead atoms. The van der Waals surface area contributed by atoms with E-state index in [1.807, 2.05) is 61.8 Å². The first kappa shape index (κ1) is 25.0. The summed E-state index contributed by atoms with van der Waals surface area (Å²) in [5.41, 5.74) is 4.80. The van der Waals surface area contributed by atoms with Crippen LogP contribution in [0.5, 0.6) is 0 Å². The molecule has 4 aromatic rings. The molecule has 1 fully saturated rings. The molecule has 0 saturated carbocycles. The van der Waals surface area contributed by atoms with Gasteiger partial charge in [0.25, 0.3) is 11.7 Å². The summed E-state index contributed by atoms with van der Waals surface area (Å²) in [6, 6.07) is 17.4. The maximum atomic E-state index is 13.4. The highest BCUT2D eigenvalue weighted by Crippen LogP contribution is 2.42. The van der Waals surface area contributed by atoms with Gasteiger partial charge >= 0.3 is 0 Å². The number of aliphatic hydroxyl groups is 1. The summed E-state index contributed by atoms with van der Waals surface area (Å²) in [5, 5.41) is 14.7. The van der Waals surface area contributed by atoms with Crippen molar-refractivity contribution in [3.63, 3.8) is 0 Å². The highest BCUT2D eigenvalue weighted by Gasteiger charge is 2.46. The Morgan fingerprint density at radius 3 is 2.51 bits per heavy atom. The number of Topliss-reactive ketones (excluding diaryl/α,β-unsaturated/α-hetero) is 1.